The quantitative estimate of drug-likeness (QED) is 0.225. The van der Waals surface area contributed by atoms with E-state index < -0.39 is 0 Å². The number of carbonyl (C=O) groups excluding carboxylic acids is 1. The van der Waals surface area contributed by atoms with Crippen LogP contribution in [0, 0.1) is 0 Å². The number of allylic oxidation sites excluding steroid dienone is 1. The van der Waals surface area contributed by atoms with Gasteiger partial charge in [-0.3, -0.25) is 4.79 Å². The molecule has 0 fully saturated rings. The monoisotopic (exact) mass is 513 g/mol. The molecule has 0 saturated heterocycles. The van der Waals surface area contributed by atoms with Crippen molar-refractivity contribution in [2.75, 3.05) is 27.4 Å². The van der Waals surface area contributed by atoms with Gasteiger partial charge in [0.25, 0.3) is 5.91 Å². The lowest BCUT2D eigenvalue weighted by Gasteiger charge is -2.13. The molecule has 7 nitrogen and oxygen atoms in total. The number of aromatic nitrogens is 2. The van der Waals surface area contributed by atoms with Crippen molar-refractivity contribution < 1.29 is 19.0 Å². The van der Waals surface area contributed by atoms with E-state index in [1.165, 1.54) is 0 Å². The normalized spacial score (nSPS) is 11.1. The molecule has 7 heteroatoms. The number of carbonyl (C=O) groups is 1. The Morgan fingerprint density at radius 3 is 2.55 bits per heavy atom. The number of rotatable bonds is 13. The molecule has 1 amide bonds. The maximum absolute atomic E-state index is 12.7. The van der Waals surface area contributed by atoms with Gasteiger partial charge in [-0.2, -0.15) is 0 Å². The van der Waals surface area contributed by atoms with Crippen molar-refractivity contribution in [1.29, 1.82) is 0 Å². The number of imidazole rings is 1. The highest BCUT2D eigenvalue weighted by Crippen LogP contribution is 2.29. The largest absolute Gasteiger partial charge is 0.496 e. The van der Waals surface area contributed by atoms with Crippen molar-refractivity contribution >= 4 is 23.0 Å². The molecule has 1 N–H and O–H groups in total. The summed E-state index contributed by atoms with van der Waals surface area (Å²) in [6, 6.07) is 21.3. The summed E-state index contributed by atoms with van der Waals surface area (Å²) >= 11 is 0. The molecule has 0 aliphatic carbocycles. The van der Waals surface area contributed by atoms with Crippen molar-refractivity contribution in [3.8, 4) is 17.2 Å². The average Bonchev–Trinajstić information content (AvgIpc) is 3.30. The highest BCUT2D eigenvalue weighted by Gasteiger charge is 2.14. The topological polar surface area (TPSA) is 74.6 Å². The van der Waals surface area contributed by atoms with Crippen LogP contribution in [0.15, 0.2) is 72.8 Å². The van der Waals surface area contributed by atoms with Gasteiger partial charge in [0.05, 0.1) is 37.4 Å². The van der Waals surface area contributed by atoms with Crippen LogP contribution in [0.5, 0.6) is 17.2 Å². The third-order valence-electron chi connectivity index (χ3n) is 6.30. The number of fused-ring (bicyclic) bond motifs is 1. The highest BCUT2D eigenvalue weighted by molar-refractivity contribution is 5.96. The van der Waals surface area contributed by atoms with E-state index in [4.69, 9.17) is 19.2 Å². The van der Waals surface area contributed by atoms with Crippen LogP contribution in [0.3, 0.4) is 0 Å². The van der Waals surface area contributed by atoms with Gasteiger partial charge in [-0.05, 0) is 61.7 Å². The first kappa shape index (κ1) is 26.8. The van der Waals surface area contributed by atoms with Gasteiger partial charge < -0.3 is 24.1 Å². The van der Waals surface area contributed by atoms with Crippen molar-refractivity contribution in [1.82, 2.24) is 14.9 Å². The molecule has 0 radical (unpaired) electrons. The molecule has 198 valence electrons. The van der Waals surface area contributed by atoms with E-state index in [9.17, 15) is 4.79 Å². The van der Waals surface area contributed by atoms with Gasteiger partial charge in [0.1, 0.15) is 11.6 Å². The fourth-order valence-corrected chi connectivity index (χ4v) is 4.43. The van der Waals surface area contributed by atoms with E-state index in [-0.39, 0.29) is 5.91 Å². The van der Waals surface area contributed by atoms with Crippen LogP contribution >= 0.6 is 0 Å². The van der Waals surface area contributed by atoms with E-state index >= 15 is 0 Å². The van der Waals surface area contributed by atoms with Crippen LogP contribution in [0.1, 0.15) is 41.5 Å². The molecule has 0 unspecified atom stereocenters. The van der Waals surface area contributed by atoms with Crippen LogP contribution in [-0.2, 0) is 13.0 Å². The lowest BCUT2D eigenvalue weighted by molar-refractivity contribution is 0.0951. The molecular formula is C31H35N3O4. The summed E-state index contributed by atoms with van der Waals surface area (Å²) in [7, 11) is 3.23. The zero-order valence-electron chi connectivity index (χ0n) is 22.3. The van der Waals surface area contributed by atoms with Gasteiger partial charge in [-0.25, -0.2) is 4.98 Å². The molecule has 4 aromatic rings. The molecule has 4 rings (SSSR count). The minimum Gasteiger partial charge on any atom is -0.496 e. The highest BCUT2D eigenvalue weighted by atomic mass is 16.5. The van der Waals surface area contributed by atoms with Gasteiger partial charge in [0, 0.05) is 19.5 Å². The predicted octanol–water partition coefficient (Wildman–Crippen LogP) is 5.92. The maximum atomic E-state index is 12.7. The van der Waals surface area contributed by atoms with Gasteiger partial charge in [-0.1, -0.05) is 42.5 Å². The van der Waals surface area contributed by atoms with E-state index in [0.29, 0.717) is 30.9 Å². The Kier molecular flexibility index (Phi) is 9.40. The number of hydrogen-bond donors (Lipinski definition) is 1. The van der Waals surface area contributed by atoms with E-state index in [1.807, 2.05) is 67.6 Å². The molecule has 0 spiro atoms. The summed E-state index contributed by atoms with van der Waals surface area (Å²) in [4.78, 5) is 17.5. The average molecular weight is 514 g/mol. The number of nitrogens with one attached hydrogen (secondary N) is 1. The molecule has 0 aliphatic heterocycles. The van der Waals surface area contributed by atoms with Crippen LogP contribution in [0.4, 0.5) is 0 Å². The Balaban J connectivity index is 1.34. The molecule has 3 aromatic carbocycles. The van der Waals surface area contributed by atoms with Crippen molar-refractivity contribution in [3.05, 3.63) is 89.8 Å². The van der Waals surface area contributed by atoms with Crippen molar-refractivity contribution in [2.24, 2.45) is 0 Å². The molecule has 38 heavy (non-hydrogen) atoms. The first-order chi connectivity index (χ1) is 18.6. The van der Waals surface area contributed by atoms with Crippen LogP contribution in [0.2, 0.25) is 0 Å². The number of hydrogen-bond acceptors (Lipinski definition) is 5. The third kappa shape index (κ3) is 6.54. The summed E-state index contributed by atoms with van der Waals surface area (Å²) < 4.78 is 19.1. The number of para-hydroxylation sites is 3. The minimum atomic E-state index is -0.156. The zero-order valence-corrected chi connectivity index (χ0v) is 22.3. The molecule has 0 atom stereocenters. The lowest BCUT2D eigenvalue weighted by Crippen LogP contribution is -2.27. The van der Waals surface area contributed by atoms with Gasteiger partial charge in [-0.15, -0.1) is 0 Å². The smallest absolute Gasteiger partial charge is 0.255 e. The zero-order chi connectivity index (χ0) is 26.7. The minimum absolute atomic E-state index is 0.156. The number of ether oxygens (including phenoxy) is 3. The number of nitrogens with zero attached hydrogens (tertiary/aromatic N) is 2. The van der Waals surface area contributed by atoms with Gasteiger partial charge in [0.15, 0.2) is 11.5 Å². The molecule has 0 saturated carbocycles. The predicted molar refractivity (Wildman–Crippen MR) is 151 cm³/mol. The molecule has 1 aromatic heterocycles. The number of methoxy groups -OCH3 is 2. The Hall–Kier alpha value is -4.26. The number of aryl methyl sites for hydroxylation is 1. The first-order valence-corrected chi connectivity index (χ1v) is 12.9. The van der Waals surface area contributed by atoms with Crippen molar-refractivity contribution in [2.45, 2.75) is 32.7 Å². The van der Waals surface area contributed by atoms with Gasteiger partial charge in [0.2, 0.25) is 0 Å². The van der Waals surface area contributed by atoms with Crippen LogP contribution in [0.25, 0.3) is 17.1 Å². The lowest BCUT2D eigenvalue weighted by atomic mass is 10.2. The van der Waals surface area contributed by atoms with Crippen molar-refractivity contribution in [3.63, 3.8) is 0 Å². The molecule has 0 bridgehead atoms. The Morgan fingerprint density at radius 1 is 0.947 bits per heavy atom. The Morgan fingerprint density at radius 2 is 1.74 bits per heavy atom. The number of amides is 1. The molecule has 1 heterocycles. The summed E-state index contributed by atoms with van der Waals surface area (Å²) in [6.07, 6.45) is 6.47. The third-order valence-corrected chi connectivity index (χ3v) is 6.30. The summed E-state index contributed by atoms with van der Waals surface area (Å²) in [5.41, 5.74) is 3.66. The number of unbranched alkanes of at least 4 members (excludes halogenated alkanes) is 1. The van der Waals surface area contributed by atoms with Gasteiger partial charge >= 0.3 is 0 Å². The summed E-state index contributed by atoms with van der Waals surface area (Å²) in [6.45, 7) is 3.88. The van der Waals surface area contributed by atoms with Crippen LogP contribution < -0.4 is 19.5 Å². The summed E-state index contributed by atoms with van der Waals surface area (Å²) in [5.74, 6) is 2.84. The molecule has 0 aliphatic rings. The first-order valence-electron chi connectivity index (χ1n) is 12.9. The van der Waals surface area contributed by atoms with Crippen LogP contribution in [-0.4, -0.2) is 42.8 Å². The maximum Gasteiger partial charge on any atom is 0.255 e. The second-order valence-corrected chi connectivity index (χ2v) is 8.84. The second kappa shape index (κ2) is 13.3. The SMILES string of the molecule is C/C=C/c1ccc(OCCCCn2c(CCNC(=O)c3ccccc3OC)nc3ccccc32)c(OC)c1. The fourth-order valence-electron chi connectivity index (χ4n) is 4.43. The Labute approximate surface area is 224 Å². The summed E-state index contributed by atoms with van der Waals surface area (Å²) in [5, 5.41) is 3.00. The fraction of sp³-hybridized carbons (Fsp3) is 0.290. The van der Waals surface area contributed by atoms with E-state index in [1.54, 1.807) is 26.4 Å². The molecular weight excluding hydrogens is 478 g/mol. The second-order valence-electron chi connectivity index (χ2n) is 8.84. The van der Waals surface area contributed by atoms with E-state index in [2.05, 4.69) is 16.0 Å². The standard InChI is InChI=1S/C31H35N3O4/c1-4-11-23-16-17-28(29(22-23)37-3)38-21-10-9-20-34-26-14-7-6-13-25(26)33-30(34)18-19-32-31(35)24-12-5-8-15-27(24)36-2/h4-8,11-17,22H,9-10,18-21H2,1-3H3,(H,32,35)/b11-4+. The Bertz CT molecular complexity index is 1390. The van der Waals surface area contributed by atoms with E-state index in [0.717, 1.165) is 53.3 Å². The number of benzene rings is 3.